The zero-order valence-electron chi connectivity index (χ0n) is 14.2. The molecule has 1 aliphatic rings. The van der Waals surface area contributed by atoms with Gasteiger partial charge in [-0.15, -0.1) is 0 Å². The topological polar surface area (TPSA) is 47.3 Å². The van der Waals surface area contributed by atoms with Gasteiger partial charge in [-0.25, -0.2) is 4.39 Å². The van der Waals surface area contributed by atoms with Crippen molar-refractivity contribution in [3.05, 3.63) is 70.5 Å². The van der Waals surface area contributed by atoms with Crippen LogP contribution in [-0.4, -0.2) is 41.9 Å². The van der Waals surface area contributed by atoms with E-state index >= 15 is 0 Å². The van der Waals surface area contributed by atoms with Crippen molar-refractivity contribution in [2.24, 2.45) is 0 Å². The molecule has 1 amide bonds. The lowest BCUT2D eigenvalue weighted by Crippen LogP contribution is -2.48. The van der Waals surface area contributed by atoms with E-state index in [1.54, 1.807) is 24.0 Å². The Labute approximate surface area is 147 Å². The monoisotopic (exact) mass is 337 g/mol. The number of benzene rings is 2. The SMILES string of the molecule is Cc1ccc(C(=O)N2CCN(Cc3ccccc3C#N)CC2)cc1F. The highest BCUT2D eigenvalue weighted by Crippen LogP contribution is 2.15. The highest BCUT2D eigenvalue weighted by Gasteiger charge is 2.23. The van der Waals surface area contributed by atoms with Gasteiger partial charge in [-0.3, -0.25) is 9.69 Å². The van der Waals surface area contributed by atoms with Gasteiger partial charge in [-0.05, 0) is 36.2 Å². The summed E-state index contributed by atoms with van der Waals surface area (Å²) in [6.07, 6.45) is 0. The first kappa shape index (κ1) is 17.1. The third-order valence-electron chi connectivity index (χ3n) is 4.61. The van der Waals surface area contributed by atoms with Crippen LogP contribution in [0.15, 0.2) is 42.5 Å². The summed E-state index contributed by atoms with van der Waals surface area (Å²) in [5.74, 6) is -0.478. The molecule has 2 aromatic carbocycles. The third kappa shape index (κ3) is 3.86. The maximum absolute atomic E-state index is 13.7. The van der Waals surface area contributed by atoms with Crippen LogP contribution in [0.1, 0.15) is 27.0 Å². The molecular weight excluding hydrogens is 317 g/mol. The molecule has 1 heterocycles. The van der Waals surface area contributed by atoms with Gasteiger partial charge in [0.25, 0.3) is 5.91 Å². The zero-order valence-corrected chi connectivity index (χ0v) is 14.2. The molecule has 3 rings (SSSR count). The molecule has 0 saturated carbocycles. The Bertz CT molecular complexity index is 820. The smallest absolute Gasteiger partial charge is 0.254 e. The van der Waals surface area contributed by atoms with E-state index in [0.29, 0.717) is 36.3 Å². The number of nitriles is 1. The largest absolute Gasteiger partial charge is 0.336 e. The second kappa shape index (κ2) is 7.45. The van der Waals surface area contributed by atoms with Crippen LogP contribution >= 0.6 is 0 Å². The molecular formula is C20H20FN3O. The molecule has 0 N–H and O–H groups in total. The molecule has 0 aliphatic carbocycles. The first-order valence-electron chi connectivity index (χ1n) is 8.34. The number of hydrogen-bond donors (Lipinski definition) is 0. The molecule has 25 heavy (non-hydrogen) atoms. The Morgan fingerprint density at radius 3 is 2.56 bits per heavy atom. The van der Waals surface area contributed by atoms with E-state index in [2.05, 4.69) is 11.0 Å². The summed E-state index contributed by atoms with van der Waals surface area (Å²) in [6, 6.07) is 14.4. The predicted octanol–water partition coefficient (Wildman–Crippen LogP) is 2.96. The number of carbonyl (C=O) groups excluding carboxylic acids is 1. The summed E-state index contributed by atoms with van der Waals surface area (Å²) in [6.45, 7) is 5.05. The lowest BCUT2D eigenvalue weighted by Gasteiger charge is -2.35. The molecule has 2 aromatic rings. The van der Waals surface area contributed by atoms with E-state index in [1.807, 2.05) is 24.3 Å². The fourth-order valence-electron chi connectivity index (χ4n) is 3.03. The standard InChI is InChI=1S/C20H20FN3O/c1-15-6-7-16(12-19(15)21)20(25)24-10-8-23(9-11-24)14-18-5-3-2-4-17(18)13-22/h2-7,12H,8-11,14H2,1H3. The van der Waals surface area contributed by atoms with Crippen molar-refractivity contribution in [1.82, 2.24) is 9.80 Å². The van der Waals surface area contributed by atoms with Crippen molar-refractivity contribution in [2.75, 3.05) is 26.2 Å². The average Bonchev–Trinajstić information content (AvgIpc) is 2.64. The van der Waals surface area contributed by atoms with Gasteiger partial charge in [-0.2, -0.15) is 5.26 Å². The van der Waals surface area contributed by atoms with Crippen molar-refractivity contribution in [3.63, 3.8) is 0 Å². The van der Waals surface area contributed by atoms with E-state index in [4.69, 9.17) is 0 Å². The van der Waals surface area contributed by atoms with Gasteiger partial charge < -0.3 is 4.90 Å². The minimum Gasteiger partial charge on any atom is -0.336 e. The first-order chi connectivity index (χ1) is 12.1. The number of nitrogens with zero attached hydrogens (tertiary/aromatic N) is 3. The Balaban J connectivity index is 1.61. The van der Waals surface area contributed by atoms with Crippen LogP contribution in [0.4, 0.5) is 4.39 Å². The molecule has 0 atom stereocenters. The van der Waals surface area contributed by atoms with Gasteiger partial charge >= 0.3 is 0 Å². The van der Waals surface area contributed by atoms with Crippen LogP contribution < -0.4 is 0 Å². The molecule has 0 radical (unpaired) electrons. The van der Waals surface area contributed by atoms with Gasteiger partial charge in [0.05, 0.1) is 11.6 Å². The van der Waals surface area contributed by atoms with Crippen LogP contribution in [0, 0.1) is 24.1 Å². The summed E-state index contributed by atoms with van der Waals surface area (Å²) >= 11 is 0. The second-order valence-electron chi connectivity index (χ2n) is 6.30. The van der Waals surface area contributed by atoms with E-state index < -0.39 is 0 Å². The molecule has 4 nitrogen and oxygen atoms in total. The summed E-state index contributed by atoms with van der Waals surface area (Å²) in [5, 5.41) is 9.18. The number of piperazine rings is 1. The van der Waals surface area contributed by atoms with Crippen molar-refractivity contribution in [2.45, 2.75) is 13.5 Å². The molecule has 0 bridgehead atoms. The van der Waals surface area contributed by atoms with Gasteiger partial charge in [0.2, 0.25) is 0 Å². The van der Waals surface area contributed by atoms with E-state index in [0.717, 1.165) is 18.7 Å². The van der Waals surface area contributed by atoms with E-state index in [9.17, 15) is 14.4 Å². The van der Waals surface area contributed by atoms with E-state index in [-0.39, 0.29) is 11.7 Å². The van der Waals surface area contributed by atoms with Gasteiger partial charge in [0, 0.05) is 38.3 Å². The molecule has 0 aromatic heterocycles. The summed E-state index contributed by atoms with van der Waals surface area (Å²) < 4.78 is 13.7. The van der Waals surface area contributed by atoms with Crippen molar-refractivity contribution >= 4 is 5.91 Å². The third-order valence-corrected chi connectivity index (χ3v) is 4.61. The Morgan fingerprint density at radius 1 is 1.16 bits per heavy atom. The Kier molecular flexibility index (Phi) is 5.11. The molecule has 5 heteroatoms. The van der Waals surface area contributed by atoms with E-state index in [1.165, 1.54) is 6.07 Å². The minimum absolute atomic E-state index is 0.129. The average molecular weight is 337 g/mol. The fourth-order valence-corrected chi connectivity index (χ4v) is 3.03. The Morgan fingerprint density at radius 2 is 1.88 bits per heavy atom. The number of aryl methyl sites for hydroxylation is 1. The molecule has 1 aliphatic heterocycles. The molecule has 0 spiro atoms. The summed E-state index contributed by atoms with van der Waals surface area (Å²) in [7, 11) is 0. The van der Waals surface area contributed by atoms with Gasteiger partial charge in [-0.1, -0.05) is 24.3 Å². The lowest BCUT2D eigenvalue weighted by molar-refractivity contribution is 0.0628. The molecule has 1 fully saturated rings. The number of halogens is 1. The fraction of sp³-hybridized carbons (Fsp3) is 0.300. The van der Waals surface area contributed by atoms with Crippen molar-refractivity contribution in [1.29, 1.82) is 5.26 Å². The summed E-state index contributed by atoms with van der Waals surface area (Å²) in [5.41, 5.74) is 2.63. The highest BCUT2D eigenvalue weighted by molar-refractivity contribution is 5.94. The minimum atomic E-state index is -0.349. The quantitative estimate of drug-likeness (QED) is 0.865. The zero-order chi connectivity index (χ0) is 17.8. The normalized spacial score (nSPS) is 15.0. The van der Waals surface area contributed by atoms with Crippen LogP contribution in [0.5, 0.6) is 0 Å². The first-order valence-corrected chi connectivity index (χ1v) is 8.34. The van der Waals surface area contributed by atoms with Crippen LogP contribution in [0.3, 0.4) is 0 Å². The predicted molar refractivity (Wildman–Crippen MR) is 93.5 cm³/mol. The lowest BCUT2D eigenvalue weighted by atomic mass is 10.1. The maximum Gasteiger partial charge on any atom is 0.254 e. The van der Waals surface area contributed by atoms with Gasteiger partial charge in [0.15, 0.2) is 0 Å². The van der Waals surface area contributed by atoms with Gasteiger partial charge in [0.1, 0.15) is 5.82 Å². The Hall–Kier alpha value is -2.71. The maximum atomic E-state index is 13.7. The van der Waals surface area contributed by atoms with Crippen LogP contribution in [-0.2, 0) is 6.54 Å². The molecule has 0 unspecified atom stereocenters. The number of amides is 1. The highest BCUT2D eigenvalue weighted by atomic mass is 19.1. The van der Waals surface area contributed by atoms with Crippen LogP contribution in [0.2, 0.25) is 0 Å². The van der Waals surface area contributed by atoms with Crippen LogP contribution in [0.25, 0.3) is 0 Å². The number of rotatable bonds is 3. The molecule has 128 valence electrons. The summed E-state index contributed by atoms with van der Waals surface area (Å²) in [4.78, 5) is 16.5. The second-order valence-corrected chi connectivity index (χ2v) is 6.30. The molecule has 1 saturated heterocycles. The number of hydrogen-bond acceptors (Lipinski definition) is 3. The van der Waals surface area contributed by atoms with Crippen molar-refractivity contribution < 1.29 is 9.18 Å². The van der Waals surface area contributed by atoms with Crippen molar-refractivity contribution in [3.8, 4) is 6.07 Å². The number of carbonyl (C=O) groups is 1.